The monoisotopic (exact) mass is 641 g/mol. The molecule has 3 aromatic carbocycles. The molecule has 230 valence electrons. The molecular formula is C34H41Cl2N3O3S. The number of benzene rings is 3. The van der Waals surface area contributed by atoms with Crippen LogP contribution in [0.2, 0.25) is 10.0 Å². The summed E-state index contributed by atoms with van der Waals surface area (Å²) in [7, 11) is 0.346. The van der Waals surface area contributed by atoms with Gasteiger partial charge in [0.2, 0.25) is 5.91 Å². The number of anilines is 1. The van der Waals surface area contributed by atoms with Gasteiger partial charge in [0.05, 0.1) is 20.6 Å². The van der Waals surface area contributed by atoms with Crippen LogP contribution < -0.4 is 9.62 Å². The average Bonchev–Trinajstić information content (AvgIpc) is 3.40. The highest BCUT2D eigenvalue weighted by molar-refractivity contribution is 7.93. The first-order valence-corrected chi connectivity index (χ1v) is 17.4. The molecule has 1 aliphatic carbocycles. The Kier molecular flexibility index (Phi) is 10.4. The van der Waals surface area contributed by atoms with Gasteiger partial charge in [-0.15, -0.1) is 0 Å². The molecule has 1 aliphatic heterocycles. The van der Waals surface area contributed by atoms with E-state index in [0.717, 1.165) is 37.7 Å². The lowest BCUT2D eigenvalue weighted by Gasteiger charge is -2.37. The van der Waals surface area contributed by atoms with Crippen LogP contribution >= 0.6 is 23.2 Å². The largest absolute Gasteiger partial charge is 0.354 e. The van der Waals surface area contributed by atoms with Crippen LogP contribution in [-0.2, 0) is 27.7 Å². The van der Waals surface area contributed by atoms with E-state index < -0.39 is 16.1 Å². The first-order valence-electron chi connectivity index (χ1n) is 15.2. The van der Waals surface area contributed by atoms with Crippen molar-refractivity contribution in [1.82, 2.24) is 10.2 Å². The fraction of sp³-hybridized carbons (Fsp3) is 0.441. The zero-order valence-corrected chi connectivity index (χ0v) is 27.2. The van der Waals surface area contributed by atoms with Gasteiger partial charge in [-0.05, 0) is 93.4 Å². The molecule has 0 spiro atoms. The zero-order valence-electron chi connectivity index (χ0n) is 24.9. The van der Waals surface area contributed by atoms with Gasteiger partial charge in [-0.2, -0.15) is 0 Å². The van der Waals surface area contributed by atoms with E-state index in [-0.39, 0.29) is 20.8 Å². The number of para-hydroxylation sites is 1. The summed E-state index contributed by atoms with van der Waals surface area (Å²) in [5.74, 6) is 0.967. The van der Waals surface area contributed by atoms with E-state index in [1.807, 2.05) is 12.1 Å². The number of sulfonamides is 1. The van der Waals surface area contributed by atoms with Crippen LogP contribution in [0.3, 0.4) is 0 Å². The standard InChI is InChI=1S/C34H41Cl2N3O3S/c1-38(2)31(19-14-24-8-4-3-5-9-24)26-15-12-25(13-16-26)20-21-37-34(40)33-22-27-10-6-7-11-32(27)39(33)43(41,42)28-17-18-29(35)30(36)23-28/h3-11,17-18,23,25-26,31,33H,12-16,19-22H2,1-2H3,(H,37,40). The quantitative estimate of drug-likeness (QED) is 0.245. The number of rotatable bonds is 11. The van der Waals surface area contributed by atoms with Crippen molar-refractivity contribution in [3.63, 3.8) is 0 Å². The lowest BCUT2D eigenvalue weighted by atomic mass is 9.76. The number of hydrogen-bond donors (Lipinski definition) is 1. The van der Waals surface area contributed by atoms with Crippen LogP contribution in [0.15, 0.2) is 77.7 Å². The third kappa shape index (κ3) is 7.39. The van der Waals surface area contributed by atoms with E-state index in [9.17, 15) is 13.2 Å². The van der Waals surface area contributed by atoms with Gasteiger partial charge in [0.25, 0.3) is 10.0 Å². The Bertz CT molecular complexity index is 1510. The van der Waals surface area contributed by atoms with Crippen LogP contribution in [0.25, 0.3) is 0 Å². The second-order valence-electron chi connectivity index (χ2n) is 12.1. The minimum Gasteiger partial charge on any atom is -0.354 e. The van der Waals surface area contributed by atoms with Crippen molar-refractivity contribution in [3.05, 3.63) is 94.0 Å². The van der Waals surface area contributed by atoms with E-state index in [1.54, 1.807) is 12.1 Å². The number of amides is 1. The topological polar surface area (TPSA) is 69.7 Å². The van der Waals surface area contributed by atoms with Crippen molar-refractivity contribution < 1.29 is 13.2 Å². The van der Waals surface area contributed by atoms with Crippen molar-refractivity contribution in [2.45, 2.75) is 68.3 Å². The number of aryl methyl sites for hydroxylation is 1. The molecule has 1 amide bonds. The molecule has 1 heterocycles. The van der Waals surface area contributed by atoms with Crippen LogP contribution in [0.5, 0.6) is 0 Å². The van der Waals surface area contributed by atoms with E-state index in [1.165, 1.54) is 40.9 Å². The lowest BCUT2D eigenvalue weighted by Crippen LogP contribution is -2.48. The number of fused-ring (bicyclic) bond motifs is 1. The molecule has 1 fully saturated rings. The van der Waals surface area contributed by atoms with Crippen LogP contribution in [0.4, 0.5) is 5.69 Å². The maximum atomic E-state index is 13.8. The van der Waals surface area contributed by atoms with Gasteiger partial charge < -0.3 is 10.2 Å². The van der Waals surface area contributed by atoms with Gasteiger partial charge in [0, 0.05) is 19.0 Å². The van der Waals surface area contributed by atoms with Gasteiger partial charge in [-0.25, -0.2) is 8.42 Å². The highest BCUT2D eigenvalue weighted by atomic mass is 35.5. The second kappa shape index (κ2) is 14.0. The van der Waals surface area contributed by atoms with E-state index in [2.05, 4.69) is 54.6 Å². The number of carbonyl (C=O) groups is 1. The van der Waals surface area contributed by atoms with Gasteiger partial charge in [-0.1, -0.05) is 84.6 Å². The summed E-state index contributed by atoms with van der Waals surface area (Å²) in [5.41, 5.74) is 2.74. The van der Waals surface area contributed by atoms with Gasteiger partial charge in [0.1, 0.15) is 6.04 Å². The van der Waals surface area contributed by atoms with Crippen LogP contribution in [0.1, 0.15) is 49.7 Å². The molecule has 3 aromatic rings. The fourth-order valence-electron chi connectivity index (χ4n) is 6.86. The smallest absolute Gasteiger partial charge is 0.265 e. The molecular weight excluding hydrogens is 601 g/mol. The van der Waals surface area contributed by atoms with Gasteiger partial charge >= 0.3 is 0 Å². The van der Waals surface area contributed by atoms with Crippen molar-refractivity contribution in [2.24, 2.45) is 11.8 Å². The lowest BCUT2D eigenvalue weighted by molar-refractivity contribution is -0.122. The normalized spacial score (nSPS) is 21.0. The molecule has 0 bridgehead atoms. The van der Waals surface area contributed by atoms with Gasteiger partial charge in [0.15, 0.2) is 0 Å². The summed E-state index contributed by atoms with van der Waals surface area (Å²) in [6.07, 6.45) is 8.18. The molecule has 2 atom stereocenters. The highest BCUT2D eigenvalue weighted by Gasteiger charge is 2.42. The molecule has 1 N–H and O–H groups in total. The Hall–Kier alpha value is -2.58. The number of nitrogens with one attached hydrogen (secondary N) is 1. The first-order chi connectivity index (χ1) is 20.6. The summed E-state index contributed by atoms with van der Waals surface area (Å²) < 4.78 is 28.8. The minimum atomic E-state index is -4.05. The Morgan fingerprint density at radius 1 is 0.953 bits per heavy atom. The Morgan fingerprint density at radius 2 is 1.65 bits per heavy atom. The third-order valence-corrected chi connectivity index (χ3v) is 11.8. The predicted molar refractivity (Wildman–Crippen MR) is 175 cm³/mol. The van der Waals surface area contributed by atoms with Crippen molar-refractivity contribution in [3.8, 4) is 0 Å². The molecule has 1 saturated carbocycles. The molecule has 2 aliphatic rings. The van der Waals surface area contributed by atoms with Crippen molar-refractivity contribution >= 4 is 44.8 Å². The average molecular weight is 643 g/mol. The highest BCUT2D eigenvalue weighted by Crippen LogP contribution is 2.38. The zero-order chi connectivity index (χ0) is 30.6. The van der Waals surface area contributed by atoms with Crippen LogP contribution in [0, 0.1) is 11.8 Å². The van der Waals surface area contributed by atoms with Crippen molar-refractivity contribution in [1.29, 1.82) is 0 Å². The SMILES string of the molecule is CN(C)C(CCc1ccccc1)C1CCC(CCNC(=O)C2Cc3ccccc3N2S(=O)(=O)c2ccc(Cl)c(Cl)c2)CC1. The van der Waals surface area contributed by atoms with Crippen LogP contribution in [-0.4, -0.2) is 51.9 Å². The Balaban J connectivity index is 1.16. The molecule has 43 heavy (non-hydrogen) atoms. The van der Waals surface area contributed by atoms with E-state index >= 15 is 0 Å². The summed E-state index contributed by atoms with van der Waals surface area (Å²) >= 11 is 12.2. The Labute approximate surface area is 266 Å². The molecule has 0 radical (unpaired) electrons. The Morgan fingerprint density at radius 3 is 2.35 bits per heavy atom. The second-order valence-corrected chi connectivity index (χ2v) is 14.8. The summed E-state index contributed by atoms with van der Waals surface area (Å²) in [4.78, 5) is 15.9. The maximum Gasteiger partial charge on any atom is 0.265 e. The number of halogens is 2. The summed E-state index contributed by atoms with van der Waals surface area (Å²) in [5, 5.41) is 3.50. The number of nitrogens with zero attached hydrogens (tertiary/aromatic N) is 2. The molecule has 5 rings (SSSR count). The maximum absolute atomic E-state index is 13.8. The van der Waals surface area contributed by atoms with E-state index in [4.69, 9.17) is 23.2 Å². The summed E-state index contributed by atoms with van der Waals surface area (Å²) in [6, 6.07) is 21.9. The molecule has 0 aromatic heterocycles. The van der Waals surface area contributed by atoms with E-state index in [0.29, 0.717) is 36.5 Å². The predicted octanol–water partition coefficient (Wildman–Crippen LogP) is 6.99. The molecule has 9 heteroatoms. The molecule has 6 nitrogen and oxygen atoms in total. The number of hydrogen-bond acceptors (Lipinski definition) is 4. The number of carbonyl (C=O) groups excluding carboxylic acids is 1. The molecule has 0 saturated heterocycles. The fourth-order valence-corrected chi connectivity index (χ4v) is 8.90. The van der Waals surface area contributed by atoms with Crippen molar-refractivity contribution in [2.75, 3.05) is 24.9 Å². The summed E-state index contributed by atoms with van der Waals surface area (Å²) in [6.45, 7) is 0.535. The van der Waals surface area contributed by atoms with Gasteiger partial charge in [-0.3, -0.25) is 9.10 Å². The third-order valence-electron chi connectivity index (χ3n) is 9.20. The first kappa shape index (κ1) is 31.8. The minimum absolute atomic E-state index is 0.00737. The molecule has 2 unspecified atom stereocenters.